The Bertz CT molecular complexity index is 720. The van der Waals surface area contributed by atoms with E-state index in [0.717, 1.165) is 16.6 Å². The molecule has 0 fully saturated rings. The minimum Gasteiger partial charge on any atom is -0.397 e. The number of nitriles is 1. The largest absolute Gasteiger partial charge is 0.416 e. The molecule has 2 aromatic rings. The van der Waals surface area contributed by atoms with Crippen LogP contribution in [-0.4, -0.2) is 0 Å². The fraction of sp³-hybridized carbons (Fsp3) is 0.0714. The molecule has 0 unspecified atom stereocenters. The molecule has 0 spiro atoms. The normalized spacial score (nSPS) is 11.0. The van der Waals surface area contributed by atoms with Gasteiger partial charge in [0.2, 0.25) is 0 Å². The second-order valence-corrected chi connectivity index (χ2v) is 5.14. The number of nitrogens with two attached hydrogens (primary N) is 1. The van der Waals surface area contributed by atoms with E-state index in [9.17, 15) is 13.2 Å². The van der Waals surface area contributed by atoms with Crippen molar-refractivity contribution >= 4 is 33.0 Å². The highest BCUT2D eigenvalue weighted by molar-refractivity contribution is 9.10. The third kappa shape index (κ3) is 3.47. The van der Waals surface area contributed by atoms with Gasteiger partial charge < -0.3 is 11.1 Å². The summed E-state index contributed by atoms with van der Waals surface area (Å²) in [5.74, 6) is 0. The van der Waals surface area contributed by atoms with Crippen LogP contribution in [0.15, 0.2) is 40.9 Å². The molecule has 0 aromatic heterocycles. The van der Waals surface area contributed by atoms with Gasteiger partial charge in [0.05, 0.1) is 28.2 Å². The highest BCUT2D eigenvalue weighted by Gasteiger charge is 2.30. The lowest BCUT2D eigenvalue weighted by Gasteiger charge is -2.13. The predicted molar refractivity (Wildman–Crippen MR) is 78.0 cm³/mol. The summed E-state index contributed by atoms with van der Waals surface area (Å²) in [7, 11) is 0. The molecule has 3 N–H and O–H groups in total. The SMILES string of the molecule is N#Cc1cc(Br)ccc1Nc1ccc(C(F)(F)F)cc1N. The fourth-order valence-corrected chi connectivity index (χ4v) is 2.08. The average molecular weight is 356 g/mol. The van der Waals surface area contributed by atoms with Crippen molar-refractivity contribution in [3.63, 3.8) is 0 Å². The van der Waals surface area contributed by atoms with Gasteiger partial charge in [-0.25, -0.2) is 0 Å². The van der Waals surface area contributed by atoms with E-state index in [2.05, 4.69) is 21.2 Å². The quantitative estimate of drug-likeness (QED) is 0.769. The average Bonchev–Trinajstić information content (AvgIpc) is 2.41. The number of halogens is 4. The van der Waals surface area contributed by atoms with Crippen LogP contribution in [0.3, 0.4) is 0 Å². The summed E-state index contributed by atoms with van der Waals surface area (Å²) in [4.78, 5) is 0. The van der Waals surface area contributed by atoms with Gasteiger partial charge in [0.1, 0.15) is 6.07 Å². The summed E-state index contributed by atoms with van der Waals surface area (Å²) in [5, 5.41) is 11.9. The van der Waals surface area contributed by atoms with E-state index in [4.69, 9.17) is 11.0 Å². The molecule has 0 saturated heterocycles. The molecular formula is C14H9BrF3N3. The summed E-state index contributed by atoms with van der Waals surface area (Å²) in [6.07, 6.45) is -4.44. The van der Waals surface area contributed by atoms with Crippen molar-refractivity contribution in [1.29, 1.82) is 5.26 Å². The van der Waals surface area contributed by atoms with Gasteiger partial charge in [0.25, 0.3) is 0 Å². The molecule has 0 bridgehead atoms. The van der Waals surface area contributed by atoms with Crippen LogP contribution >= 0.6 is 15.9 Å². The number of benzene rings is 2. The van der Waals surface area contributed by atoms with Crippen LogP contribution in [0, 0.1) is 11.3 Å². The lowest BCUT2D eigenvalue weighted by molar-refractivity contribution is -0.137. The van der Waals surface area contributed by atoms with Crippen LogP contribution < -0.4 is 11.1 Å². The molecule has 2 rings (SSSR count). The van der Waals surface area contributed by atoms with Crippen LogP contribution in [0.2, 0.25) is 0 Å². The molecule has 0 aliphatic heterocycles. The van der Waals surface area contributed by atoms with E-state index in [-0.39, 0.29) is 5.69 Å². The van der Waals surface area contributed by atoms with Crippen molar-refractivity contribution in [2.45, 2.75) is 6.18 Å². The molecule has 0 atom stereocenters. The topological polar surface area (TPSA) is 61.8 Å². The lowest BCUT2D eigenvalue weighted by Crippen LogP contribution is -2.07. The maximum Gasteiger partial charge on any atom is 0.416 e. The van der Waals surface area contributed by atoms with Crippen LogP contribution in [0.25, 0.3) is 0 Å². The predicted octanol–water partition coefficient (Wildman–Crippen LogP) is 4.67. The number of alkyl halides is 3. The Labute approximate surface area is 127 Å². The first-order valence-corrected chi connectivity index (χ1v) is 6.54. The Hall–Kier alpha value is -2.20. The van der Waals surface area contributed by atoms with Crippen molar-refractivity contribution in [3.05, 3.63) is 52.0 Å². The minimum atomic E-state index is -4.44. The monoisotopic (exact) mass is 355 g/mol. The molecule has 0 heterocycles. The van der Waals surface area contributed by atoms with E-state index in [0.29, 0.717) is 16.9 Å². The Morgan fingerprint density at radius 2 is 1.76 bits per heavy atom. The number of nitrogen functional groups attached to an aromatic ring is 1. The zero-order chi connectivity index (χ0) is 15.6. The molecule has 0 amide bonds. The van der Waals surface area contributed by atoms with Gasteiger partial charge in [-0.1, -0.05) is 15.9 Å². The highest BCUT2D eigenvalue weighted by Crippen LogP contribution is 2.34. The van der Waals surface area contributed by atoms with E-state index < -0.39 is 11.7 Å². The van der Waals surface area contributed by atoms with Gasteiger partial charge >= 0.3 is 6.18 Å². The smallest absolute Gasteiger partial charge is 0.397 e. The van der Waals surface area contributed by atoms with E-state index >= 15 is 0 Å². The first-order valence-electron chi connectivity index (χ1n) is 5.74. The summed E-state index contributed by atoms with van der Waals surface area (Å²) in [5.41, 5.74) is 5.89. The molecule has 2 aromatic carbocycles. The molecule has 108 valence electrons. The first kappa shape index (κ1) is 15.2. The molecule has 7 heteroatoms. The standard InChI is InChI=1S/C14H9BrF3N3/c15-10-2-4-12(8(5-10)7-19)21-13-3-1-9(6-11(13)20)14(16,17)18/h1-6,21H,20H2. The number of nitrogens with one attached hydrogen (secondary N) is 1. The summed E-state index contributed by atoms with van der Waals surface area (Å²) < 4.78 is 38.4. The third-order valence-electron chi connectivity index (χ3n) is 2.75. The number of anilines is 3. The first-order chi connectivity index (χ1) is 9.81. The number of hydrogen-bond donors (Lipinski definition) is 2. The molecular weight excluding hydrogens is 347 g/mol. The molecule has 3 nitrogen and oxygen atoms in total. The Morgan fingerprint density at radius 3 is 2.33 bits per heavy atom. The minimum absolute atomic E-state index is 0.0448. The summed E-state index contributed by atoms with van der Waals surface area (Å²) in [6, 6.07) is 9.97. The maximum atomic E-state index is 12.6. The Kier molecular flexibility index (Phi) is 4.09. The summed E-state index contributed by atoms with van der Waals surface area (Å²) >= 11 is 3.24. The van der Waals surface area contributed by atoms with Crippen molar-refractivity contribution in [3.8, 4) is 6.07 Å². The molecule has 0 aliphatic carbocycles. The molecule has 0 radical (unpaired) electrons. The van der Waals surface area contributed by atoms with Crippen molar-refractivity contribution in [1.82, 2.24) is 0 Å². The van der Waals surface area contributed by atoms with Gasteiger partial charge in [-0.15, -0.1) is 0 Å². The zero-order valence-corrected chi connectivity index (χ0v) is 12.1. The van der Waals surface area contributed by atoms with Gasteiger partial charge in [0, 0.05) is 4.47 Å². The van der Waals surface area contributed by atoms with E-state index in [1.807, 2.05) is 6.07 Å². The van der Waals surface area contributed by atoms with Crippen LogP contribution in [0.4, 0.5) is 30.2 Å². The van der Waals surface area contributed by atoms with Crippen LogP contribution in [0.1, 0.15) is 11.1 Å². The lowest BCUT2D eigenvalue weighted by atomic mass is 10.1. The number of rotatable bonds is 2. The van der Waals surface area contributed by atoms with Crippen LogP contribution in [0.5, 0.6) is 0 Å². The van der Waals surface area contributed by atoms with Gasteiger partial charge in [-0.2, -0.15) is 18.4 Å². The van der Waals surface area contributed by atoms with E-state index in [1.165, 1.54) is 6.07 Å². The Balaban J connectivity index is 2.35. The van der Waals surface area contributed by atoms with E-state index in [1.54, 1.807) is 18.2 Å². The molecule has 0 aliphatic rings. The highest BCUT2D eigenvalue weighted by atomic mass is 79.9. The van der Waals surface area contributed by atoms with Crippen molar-refractivity contribution < 1.29 is 13.2 Å². The maximum absolute atomic E-state index is 12.6. The van der Waals surface area contributed by atoms with Gasteiger partial charge in [0.15, 0.2) is 0 Å². The van der Waals surface area contributed by atoms with Crippen molar-refractivity contribution in [2.75, 3.05) is 11.1 Å². The second-order valence-electron chi connectivity index (χ2n) is 4.23. The second kappa shape index (κ2) is 5.66. The fourth-order valence-electron chi connectivity index (χ4n) is 1.72. The third-order valence-corrected chi connectivity index (χ3v) is 3.24. The number of hydrogen-bond acceptors (Lipinski definition) is 3. The molecule has 0 saturated carbocycles. The summed E-state index contributed by atoms with van der Waals surface area (Å²) in [6.45, 7) is 0. The number of nitrogens with zero attached hydrogens (tertiary/aromatic N) is 1. The van der Waals surface area contributed by atoms with Crippen molar-refractivity contribution in [2.24, 2.45) is 0 Å². The van der Waals surface area contributed by atoms with Gasteiger partial charge in [-0.05, 0) is 36.4 Å². The van der Waals surface area contributed by atoms with Crippen LogP contribution in [-0.2, 0) is 6.18 Å². The Morgan fingerprint density at radius 1 is 1.10 bits per heavy atom. The zero-order valence-electron chi connectivity index (χ0n) is 10.5. The van der Waals surface area contributed by atoms with Gasteiger partial charge in [-0.3, -0.25) is 0 Å². The molecule has 21 heavy (non-hydrogen) atoms.